The van der Waals surface area contributed by atoms with E-state index in [4.69, 9.17) is 14.2 Å². The van der Waals surface area contributed by atoms with Gasteiger partial charge in [-0.2, -0.15) is 10.1 Å². The predicted octanol–water partition coefficient (Wildman–Crippen LogP) is 5.22. The van der Waals surface area contributed by atoms with Crippen LogP contribution in [-0.2, 0) is 0 Å². The molecule has 0 atom stereocenters. The Morgan fingerprint density at radius 1 is 1.03 bits per heavy atom. The number of hydrogen-bond donors (Lipinski definition) is 0. The van der Waals surface area contributed by atoms with Crippen LogP contribution in [0.25, 0.3) is 10.2 Å². The molecule has 4 rings (SSSR count). The minimum atomic E-state index is -0.523. The number of amides is 1. The summed E-state index contributed by atoms with van der Waals surface area (Å²) in [4.78, 5) is 28.6. The molecule has 0 aliphatic heterocycles. The van der Waals surface area contributed by atoms with Crippen LogP contribution < -0.4 is 19.2 Å². The van der Waals surface area contributed by atoms with E-state index in [-0.39, 0.29) is 11.3 Å². The third kappa shape index (κ3) is 4.96. The largest absolute Gasteiger partial charge is 0.493 e. The van der Waals surface area contributed by atoms with Gasteiger partial charge in [-0.05, 0) is 48.9 Å². The van der Waals surface area contributed by atoms with Gasteiger partial charge in [-0.1, -0.05) is 17.4 Å². The molecule has 0 N–H and O–H groups in total. The zero-order chi connectivity index (χ0) is 25.8. The van der Waals surface area contributed by atoms with Crippen molar-refractivity contribution < 1.29 is 23.9 Å². The van der Waals surface area contributed by atoms with Crippen LogP contribution in [0.1, 0.15) is 21.5 Å². The van der Waals surface area contributed by atoms with E-state index in [0.29, 0.717) is 27.9 Å². The van der Waals surface area contributed by atoms with Crippen LogP contribution in [0.4, 0.5) is 10.8 Å². The van der Waals surface area contributed by atoms with Crippen molar-refractivity contribution in [1.29, 1.82) is 0 Å². The van der Waals surface area contributed by atoms with Gasteiger partial charge >= 0.3 is 0 Å². The lowest BCUT2D eigenvalue weighted by atomic mass is 10.2. The number of carbonyl (C=O) groups is 1. The summed E-state index contributed by atoms with van der Waals surface area (Å²) in [7, 11) is 4.52. The van der Waals surface area contributed by atoms with Crippen LogP contribution in [-0.4, -0.2) is 43.4 Å². The average molecular weight is 507 g/mol. The molecule has 0 aliphatic carbocycles. The molecule has 0 aliphatic rings. The van der Waals surface area contributed by atoms with E-state index in [2.05, 4.69) is 10.1 Å². The summed E-state index contributed by atoms with van der Waals surface area (Å²) in [5.41, 5.74) is 2.48. The molecule has 0 saturated carbocycles. The number of thiazole rings is 1. The number of anilines is 1. The molecule has 1 heterocycles. The minimum absolute atomic E-state index is 0.116. The molecular weight excluding hydrogens is 484 g/mol. The maximum Gasteiger partial charge on any atom is 0.280 e. The van der Waals surface area contributed by atoms with Crippen LogP contribution in [0, 0.1) is 17.0 Å². The first-order valence-electron chi connectivity index (χ1n) is 10.6. The van der Waals surface area contributed by atoms with Crippen molar-refractivity contribution in [2.75, 3.05) is 26.3 Å². The third-order valence-corrected chi connectivity index (χ3v) is 6.23. The molecule has 3 aromatic carbocycles. The van der Waals surface area contributed by atoms with Gasteiger partial charge in [0.2, 0.25) is 10.9 Å². The van der Waals surface area contributed by atoms with Crippen molar-refractivity contribution in [2.45, 2.75) is 6.92 Å². The van der Waals surface area contributed by atoms with E-state index in [9.17, 15) is 14.9 Å². The van der Waals surface area contributed by atoms with Gasteiger partial charge in [0.15, 0.2) is 11.5 Å². The second-order valence-corrected chi connectivity index (χ2v) is 8.60. The van der Waals surface area contributed by atoms with Crippen molar-refractivity contribution >= 4 is 44.5 Å². The number of hydrogen-bond acceptors (Lipinski definition) is 9. The summed E-state index contributed by atoms with van der Waals surface area (Å²) in [5, 5.41) is 17.0. The number of aryl methyl sites for hydroxylation is 1. The molecule has 0 spiro atoms. The summed E-state index contributed by atoms with van der Waals surface area (Å²) in [6, 6.07) is 14.5. The molecular formula is C25H22N4O6S. The van der Waals surface area contributed by atoms with Gasteiger partial charge in [-0.15, -0.1) is 0 Å². The van der Waals surface area contributed by atoms with Crippen molar-refractivity contribution in [3.8, 4) is 17.2 Å². The van der Waals surface area contributed by atoms with E-state index < -0.39 is 10.8 Å². The Labute approximate surface area is 210 Å². The smallest absolute Gasteiger partial charge is 0.280 e. The van der Waals surface area contributed by atoms with Crippen molar-refractivity contribution in [3.63, 3.8) is 0 Å². The maximum absolute atomic E-state index is 13.5. The summed E-state index contributed by atoms with van der Waals surface area (Å²) in [5.74, 6) is 0.797. The number of benzene rings is 3. The molecule has 0 fully saturated rings. The number of carbonyl (C=O) groups excluding carboxylic acids is 1. The topological polar surface area (TPSA) is 116 Å². The number of aromatic nitrogens is 1. The van der Waals surface area contributed by atoms with Crippen LogP contribution in [0.3, 0.4) is 0 Å². The molecule has 0 radical (unpaired) electrons. The van der Waals surface area contributed by atoms with Crippen molar-refractivity contribution in [3.05, 3.63) is 81.4 Å². The molecule has 4 aromatic rings. The van der Waals surface area contributed by atoms with Crippen LogP contribution in [0.5, 0.6) is 17.2 Å². The molecule has 0 bridgehead atoms. The van der Waals surface area contributed by atoms with E-state index in [1.54, 1.807) is 12.1 Å². The molecule has 36 heavy (non-hydrogen) atoms. The van der Waals surface area contributed by atoms with E-state index in [1.165, 1.54) is 68.2 Å². The Balaban J connectivity index is 1.78. The Kier molecular flexibility index (Phi) is 7.11. The first kappa shape index (κ1) is 24.6. The zero-order valence-corrected chi connectivity index (χ0v) is 20.7. The maximum atomic E-state index is 13.5. The van der Waals surface area contributed by atoms with Gasteiger partial charge in [0.05, 0.1) is 42.7 Å². The lowest BCUT2D eigenvalue weighted by Gasteiger charge is -2.15. The monoisotopic (exact) mass is 506 g/mol. The lowest BCUT2D eigenvalue weighted by molar-refractivity contribution is -0.384. The van der Waals surface area contributed by atoms with Gasteiger partial charge in [0.25, 0.3) is 11.6 Å². The molecule has 11 heteroatoms. The fourth-order valence-corrected chi connectivity index (χ4v) is 4.47. The van der Waals surface area contributed by atoms with Gasteiger partial charge < -0.3 is 14.2 Å². The standard InChI is InChI=1S/C25H22N4O6S/c1-15-5-10-19-22(11-15)36-25(27-19)28(24(30)17-6-8-18(9-7-17)29(31)32)26-14-16-12-20(33-2)23(35-4)21(13-16)34-3/h5-14H,1-4H3/b26-14+. The quantitative estimate of drug-likeness (QED) is 0.183. The zero-order valence-electron chi connectivity index (χ0n) is 19.9. The van der Waals surface area contributed by atoms with Crippen molar-refractivity contribution in [2.24, 2.45) is 5.10 Å². The number of non-ortho nitro benzene ring substituents is 1. The normalized spacial score (nSPS) is 11.0. The van der Waals surface area contributed by atoms with Gasteiger partial charge in [0, 0.05) is 23.3 Å². The Morgan fingerprint density at radius 2 is 1.69 bits per heavy atom. The summed E-state index contributed by atoms with van der Waals surface area (Å²) < 4.78 is 17.0. The summed E-state index contributed by atoms with van der Waals surface area (Å²) in [6.45, 7) is 1.97. The Hall–Kier alpha value is -4.51. The fourth-order valence-electron chi connectivity index (χ4n) is 3.45. The molecule has 184 valence electrons. The highest BCUT2D eigenvalue weighted by atomic mass is 32.1. The van der Waals surface area contributed by atoms with E-state index in [1.807, 2.05) is 25.1 Å². The molecule has 10 nitrogen and oxygen atoms in total. The molecule has 0 saturated heterocycles. The molecule has 1 amide bonds. The van der Waals surface area contributed by atoms with Crippen molar-refractivity contribution in [1.82, 2.24) is 4.98 Å². The van der Waals surface area contributed by atoms with Crippen LogP contribution >= 0.6 is 11.3 Å². The number of ether oxygens (including phenoxy) is 3. The number of fused-ring (bicyclic) bond motifs is 1. The average Bonchev–Trinajstić information content (AvgIpc) is 3.30. The number of rotatable bonds is 8. The van der Waals surface area contributed by atoms with Gasteiger partial charge in [-0.25, -0.2) is 4.98 Å². The predicted molar refractivity (Wildman–Crippen MR) is 138 cm³/mol. The van der Waals surface area contributed by atoms with Crippen LogP contribution in [0.15, 0.2) is 59.7 Å². The first-order chi connectivity index (χ1) is 17.3. The SMILES string of the molecule is COc1cc(/C=N/N(C(=O)c2ccc([N+](=O)[O-])cc2)c2nc3ccc(C)cc3s2)cc(OC)c1OC. The summed E-state index contributed by atoms with van der Waals surface area (Å²) >= 11 is 1.31. The number of methoxy groups -OCH3 is 3. The number of nitro benzene ring substituents is 1. The van der Waals surface area contributed by atoms with E-state index >= 15 is 0 Å². The number of hydrazone groups is 1. The minimum Gasteiger partial charge on any atom is -0.493 e. The molecule has 0 unspecified atom stereocenters. The summed E-state index contributed by atoms with van der Waals surface area (Å²) in [6.07, 6.45) is 1.48. The second kappa shape index (κ2) is 10.4. The Bertz CT molecular complexity index is 1440. The first-order valence-corrected chi connectivity index (χ1v) is 11.5. The lowest BCUT2D eigenvalue weighted by Crippen LogP contribution is -2.25. The number of nitrogens with zero attached hydrogens (tertiary/aromatic N) is 4. The van der Waals surface area contributed by atoms with Crippen LogP contribution in [0.2, 0.25) is 0 Å². The van der Waals surface area contributed by atoms with E-state index in [0.717, 1.165) is 15.8 Å². The van der Waals surface area contributed by atoms with Gasteiger partial charge in [-0.3, -0.25) is 14.9 Å². The highest BCUT2D eigenvalue weighted by Crippen LogP contribution is 2.38. The van der Waals surface area contributed by atoms with Gasteiger partial charge in [0.1, 0.15) is 0 Å². The highest BCUT2D eigenvalue weighted by Gasteiger charge is 2.22. The highest BCUT2D eigenvalue weighted by molar-refractivity contribution is 7.22. The second-order valence-electron chi connectivity index (χ2n) is 7.59. The number of nitro groups is 1. The third-order valence-electron chi connectivity index (χ3n) is 5.24. The molecule has 1 aromatic heterocycles. The Morgan fingerprint density at radius 3 is 2.28 bits per heavy atom. The fraction of sp³-hybridized carbons (Fsp3) is 0.160.